The van der Waals surface area contributed by atoms with Crippen molar-refractivity contribution in [1.82, 2.24) is 0 Å². The Morgan fingerprint density at radius 1 is 0.778 bits per heavy atom. The number of unbranched alkanes of at least 4 members (excludes halogenated alkanes) is 2. The Labute approximate surface area is 265 Å². The number of ether oxygens (including phenoxy) is 6. The number of fused-ring (bicyclic) bond motifs is 2. The number of rotatable bonds is 18. The van der Waals surface area contributed by atoms with Crippen molar-refractivity contribution >= 4 is 28.5 Å². The largest absolute Gasteiger partial charge is 0.493 e. The maximum atomic E-state index is 12.3. The van der Waals surface area contributed by atoms with E-state index in [9.17, 15) is 14.4 Å². The lowest BCUT2D eigenvalue weighted by Crippen LogP contribution is -2.17. The molecule has 0 N–H and O–H groups in total. The Balaban J connectivity index is 1.33. The summed E-state index contributed by atoms with van der Waals surface area (Å²) in [5.74, 6) is 2.22. The lowest BCUT2D eigenvalue weighted by molar-refractivity contribution is -0.145. The molecule has 0 saturated carbocycles. The molecule has 3 aromatic rings. The van der Waals surface area contributed by atoms with Gasteiger partial charge in [-0.25, -0.2) is 4.79 Å². The van der Waals surface area contributed by atoms with Crippen LogP contribution in [0.4, 0.5) is 0 Å². The molecule has 0 radical (unpaired) electrons. The highest BCUT2D eigenvalue weighted by atomic mass is 16.6. The van der Waals surface area contributed by atoms with Gasteiger partial charge < -0.3 is 28.4 Å². The Morgan fingerprint density at radius 2 is 1.49 bits per heavy atom. The van der Waals surface area contributed by atoms with Crippen LogP contribution < -0.4 is 18.9 Å². The standard InChI is InChI=1S/C36H44O9/c1-4-10-30-33(17-14-29-31(37)19-22-44-36(29)30)43-21-9-7-8-20-42-32-16-11-25-23-26(45-24-35(39)41-6-3)12-13-27(25)28(32)15-18-34(38)40-5-2/h11-14,16-17,23H,4-10,15,18-22,24H2,1-3H3. The number of esters is 2. The fraction of sp³-hybridized carbons (Fsp3) is 0.472. The average Bonchev–Trinajstić information content (AvgIpc) is 3.03. The van der Waals surface area contributed by atoms with E-state index in [0.717, 1.165) is 65.5 Å². The molecule has 4 rings (SSSR count). The van der Waals surface area contributed by atoms with E-state index >= 15 is 0 Å². The number of ketones is 1. The molecule has 1 aliphatic heterocycles. The minimum atomic E-state index is -0.421. The molecule has 9 nitrogen and oxygen atoms in total. The van der Waals surface area contributed by atoms with Crippen molar-refractivity contribution in [3.8, 4) is 23.0 Å². The van der Waals surface area contributed by atoms with Crippen LogP contribution in [-0.2, 0) is 31.9 Å². The molecule has 0 fully saturated rings. The fourth-order valence-corrected chi connectivity index (χ4v) is 5.38. The number of benzene rings is 3. The van der Waals surface area contributed by atoms with E-state index in [-0.39, 0.29) is 24.8 Å². The molecule has 0 aromatic heterocycles. The van der Waals surface area contributed by atoms with Gasteiger partial charge in [-0.2, -0.15) is 0 Å². The van der Waals surface area contributed by atoms with Crippen LogP contribution in [0.15, 0.2) is 42.5 Å². The summed E-state index contributed by atoms with van der Waals surface area (Å²) in [7, 11) is 0. The smallest absolute Gasteiger partial charge is 0.344 e. The molecule has 0 atom stereocenters. The molecule has 0 aliphatic carbocycles. The number of aryl methyl sites for hydroxylation is 1. The summed E-state index contributed by atoms with van der Waals surface area (Å²) in [5.41, 5.74) is 2.57. The summed E-state index contributed by atoms with van der Waals surface area (Å²) in [6, 6.07) is 13.2. The Kier molecular flexibility index (Phi) is 12.9. The normalized spacial score (nSPS) is 12.3. The third-order valence-corrected chi connectivity index (χ3v) is 7.50. The number of carbonyl (C=O) groups is 3. The molecule has 0 amide bonds. The number of carbonyl (C=O) groups excluding carboxylic acids is 3. The zero-order valence-corrected chi connectivity index (χ0v) is 26.6. The minimum absolute atomic E-state index is 0.125. The first-order valence-electron chi connectivity index (χ1n) is 16.0. The predicted molar refractivity (Wildman–Crippen MR) is 171 cm³/mol. The van der Waals surface area contributed by atoms with Crippen LogP contribution in [0.1, 0.15) is 80.8 Å². The highest BCUT2D eigenvalue weighted by molar-refractivity contribution is 6.00. The van der Waals surface area contributed by atoms with Gasteiger partial charge in [0.1, 0.15) is 23.0 Å². The minimum Gasteiger partial charge on any atom is -0.493 e. The van der Waals surface area contributed by atoms with Gasteiger partial charge >= 0.3 is 11.9 Å². The first-order valence-corrected chi connectivity index (χ1v) is 16.0. The van der Waals surface area contributed by atoms with E-state index in [2.05, 4.69) is 6.92 Å². The maximum Gasteiger partial charge on any atom is 0.344 e. The highest BCUT2D eigenvalue weighted by Crippen LogP contribution is 2.37. The maximum absolute atomic E-state index is 12.3. The van der Waals surface area contributed by atoms with Crippen molar-refractivity contribution in [1.29, 1.82) is 0 Å². The molecule has 1 aliphatic rings. The summed E-state index contributed by atoms with van der Waals surface area (Å²) >= 11 is 0. The van der Waals surface area contributed by atoms with Gasteiger partial charge in [-0.15, -0.1) is 0 Å². The molecule has 3 aromatic carbocycles. The van der Waals surface area contributed by atoms with E-state index in [0.29, 0.717) is 62.9 Å². The molecule has 45 heavy (non-hydrogen) atoms. The molecule has 242 valence electrons. The van der Waals surface area contributed by atoms with Crippen LogP contribution in [-0.4, -0.2) is 57.4 Å². The van der Waals surface area contributed by atoms with E-state index < -0.39 is 5.97 Å². The van der Waals surface area contributed by atoms with Crippen LogP contribution in [0.5, 0.6) is 23.0 Å². The van der Waals surface area contributed by atoms with Crippen molar-refractivity contribution in [2.24, 2.45) is 0 Å². The Morgan fingerprint density at radius 3 is 2.22 bits per heavy atom. The summed E-state index contributed by atoms with van der Waals surface area (Å²) in [5, 5.41) is 1.87. The molecule has 0 saturated heterocycles. The van der Waals surface area contributed by atoms with Crippen molar-refractivity contribution in [2.45, 2.75) is 72.1 Å². The molecule has 1 heterocycles. The monoisotopic (exact) mass is 620 g/mol. The topological polar surface area (TPSA) is 107 Å². The fourth-order valence-electron chi connectivity index (χ4n) is 5.38. The second kappa shape index (κ2) is 17.3. The van der Waals surface area contributed by atoms with Crippen molar-refractivity contribution in [3.63, 3.8) is 0 Å². The number of hydrogen-bond acceptors (Lipinski definition) is 9. The molecule has 0 spiro atoms. The van der Waals surface area contributed by atoms with Crippen LogP contribution in [0.2, 0.25) is 0 Å². The van der Waals surface area contributed by atoms with Crippen LogP contribution in [0, 0.1) is 0 Å². The number of hydrogen-bond donors (Lipinski definition) is 0. The SMILES string of the molecule is CCCc1c(OCCCCCOc2ccc3cc(OCC(=O)OCC)ccc3c2CCC(=O)OCC)ccc2c1OCCC2=O. The van der Waals surface area contributed by atoms with Crippen LogP contribution in [0.25, 0.3) is 10.8 Å². The molecule has 0 bridgehead atoms. The first kappa shape index (κ1) is 33.6. The first-order chi connectivity index (χ1) is 21.9. The van der Waals surface area contributed by atoms with E-state index in [1.165, 1.54) is 0 Å². The van der Waals surface area contributed by atoms with E-state index in [1.54, 1.807) is 19.9 Å². The van der Waals surface area contributed by atoms with E-state index in [4.69, 9.17) is 28.4 Å². The predicted octanol–water partition coefficient (Wildman–Crippen LogP) is 6.82. The molecular formula is C36H44O9. The van der Waals surface area contributed by atoms with Gasteiger partial charge in [0.15, 0.2) is 12.4 Å². The van der Waals surface area contributed by atoms with Gasteiger partial charge in [0.05, 0.1) is 38.6 Å². The second-order valence-electron chi connectivity index (χ2n) is 10.8. The third-order valence-electron chi connectivity index (χ3n) is 7.50. The Bertz CT molecular complexity index is 1460. The summed E-state index contributed by atoms with van der Waals surface area (Å²) in [4.78, 5) is 36.2. The number of Topliss-reactive ketones (excluding diaryl/α,β-unsaturated/α-hetero) is 1. The summed E-state index contributed by atoms with van der Waals surface area (Å²) in [6.07, 6.45) is 5.46. The van der Waals surface area contributed by atoms with Gasteiger partial charge in [-0.1, -0.05) is 25.5 Å². The molecular weight excluding hydrogens is 576 g/mol. The van der Waals surface area contributed by atoms with Gasteiger partial charge in [0.2, 0.25) is 0 Å². The van der Waals surface area contributed by atoms with Crippen molar-refractivity contribution < 1.29 is 42.8 Å². The second-order valence-corrected chi connectivity index (χ2v) is 10.8. The molecule has 0 unspecified atom stereocenters. The molecule has 9 heteroatoms. The van der Waals surface area contributed by atoms with Crippen LogP contribution >= 0.6 is 0 Å². The summed E-state index contributed by atoms with van der Waals surface area (Å²) < 4.78 is 33.9. The lowest BCUT2D eigenvalue weighted by atomic mass is 9.98. The zero-order valence-electron chi connectivity index (χ0n) is 26.6. The van der Waals surface area contributed by atoms with Gasteiger partial charge in [-0.3, -0.25) is 9.59 Å². The van der Waals surface area contributed by atoms with Crippen LogP contribution in [0.3, 0.4) is 0 Å². The van der Waals surface area contributed by atoms with Gasteiger partial charge in [-0.05, 0) is 87.1 Å². The van der Waals surface area contributed by atoms with Crippen molar-refractivity contribution in [2.75, 3.05) is 39.6 Å². The third kappa shape index (κ3) is 9.36. The Hall–Kier alpha value is -4.27. The van der Waals surface area contributed by atoms with Gasteiger partial charge in [0, 0.05) is 24.0 Å². The van der Waals surface area contributed by atoms with Crippen molar-refractivity contribution in [3.05, 3.63) is 59.2 Å². The van der Waals surface area contributed by atoms with E-state index in [1.807, 2.05) is 36.4 Å². The highest BCUT2D eigenvalue weighted by Gasteiger charge is 2.24. The average molecular weight is 621 g/mol. The van der Waals surface area contributed by atoms with Gasteiger partial charge in [0.25, 0.3) is 0 Å². The quantitative estimate of drug-likeness (QED) is 0.112. The lowest BCUT2D eigenvalue weighted by Gasteiger charge is -2.22. The summed E-state index contributed by atoms with van der Waals surface area (Å²) in [6.45, 7) is 7.62. The zero-order chi connectivity index (χ0) is 32.0.